The lowest BCUT2D eigenvalue weighted by Crippen LogP contribution is -2.71. The maximum Gasteiger partial charge on any atom is 0.408 e. The number of nitrogens with two attached hydrogens (primary N) is 1. The van der Waals surface area contributed by atoms with Crippen LogP contribution in [0.15, 0.2) is 48.1 Å². The molecule has 2 unspecified atom stereocenters. The molecule has 18 atom stereocenters. The summed E-state index contributed by atoms with van der Waals surface area (Å²) in [6.07, 6.45) is 0.553. The van der Waals surface area contributed by atoms with Gasteiger partial charge in [-0.3, -0.25) is 47.9 Å². The number of urea groups is 1. The van der Waals surface area contributed by atoms with Gasteiger partial charge in [-0.05, 0) is 148 Å². The van der Waals surface area contributed by atoms with Crippen molar-refractivity contribution in [2.24, 2.45) is 75.7 Å². The van der Waals surface area contributed by atoms with E-state index in [9.17, 15) is 72.9 Å². The molecule has 116 heavy (non-hydrogen) atoms. The van der Waals surface area contributed by atoms with E-state index in [0.29, 0.717) is 82.0 Å². The number of halogens is 2. The molecule has 1 saturated heterocycles. The van der Waals surface area contributed by atoms with E-state index in [0.717, 1.165) is 31.8 Å². The van der Waals surface area contributed by atoms with Crippen molar-refractivity contribution in [2.75, 3.05) is 84.5 Å². The molecule has 4 saturated carbocycles. The number of Topliss-reactive ketones (excluding diaryl/α,β-unsaturated/α-hetero) is 4. The van der Waals surface area contributed by atoms with Gasteiger partial charge in [0.15, 0.2) is 41.5 Å². The average molecular weight is 1650 g/mol. The number of allylic oxidation sites excluding steroid dienone is 4. The molecule has 9 N–H and O–H groups in total. The van der Waals surface area contributed by atoms with E-state index in [-0.39, 0.29) is 140 Å². The van der Waals surface area contributed by atoms with Gasteiger partial charge in [0.2, 0.25) is 17.6 Å². The number of alkyl halides is 2. The van der Waals surface area contributed by atoms with Crippen LogP contribution in [0.1, 0.15) is 182 Å². The quantitative estimate of drug-likeness (QED) is 0.0132. The second-order valence-corrected chi connectivity index (χ2v) is 32.8. The fourth-order valence-corrected chi connectivity index (χ4v) is 17.9. The summed E-state index contributed by atoms with van der Waals surface area (Å²) in [5, 5.41) is 42.2. The number of aliphatic carboxylic acids is 1. The third kappa shape index (κ3) is 25.0. The SMILES string of the molecule is CCCC1O[C@@H]2C[C@H]3[C@@H]4C[C@H](F)C5=CC(=O)C=C[C@]5(C)[C@@]4(F)[C@@H](O)C[C@]3(C)[C@]2(C(=O)COC(=O)[C@@H](CC(=O)[C@H](CO)NC(=O)OCc2ccc(NC(=O)[C@H](CCCNC(N)=O)CC(=O)[C@@H](NC(=O)[C@@H](CCC(=O)O)CC(=O)CCOCCOCCOCCOCCCC(=O)OCC3[C@H]4CCC#CCC[C@@H]34)C(C)C)cc2)CC(C)C)O1.S. The Labute approximate surface area is 684 Å². The number of alkyl carbamates (subject to hydrolysis) is 1. The molecule has 646 valence electrons. The second kappa shape index (κ2) is 45.0. The third-order valence-electron chi connectivity index (χ3n) is 24.0. The van der Waals surface area contributed by atoms with Crippen molar-refractivity contribution >= 4 is 89.9 Å². The number of hydrogen-bond donors (Lipinski definition) is 8. The van der Waals surface area contributed by atoms with Crippen molar-refractivity contribution in [3.05, 3.63) is 53.6 Å². The Morgan fingerprint density at radius 1 is 0.750 bits per heavy atom. The van der Waals surface area contributed by atoms with Gasteiger partial charge >= 0.3 is 30.0 Å². The normalized spacial score (nSPS) is 27.2. The van der Waals surface area contributed by atoms with Crippen molar-refractivity contribution in [1.29, 1.82) is 0 Å². The molecule has 0 aromatic heterocycles. The lowest BCUT2D eigenvalue weighted by Gasteiger charge is -2.63. The van der Waals surface area contributed by atoms with Crippen LogP contribution in [-0.4, -0.2) is 213 Å². The third-order valence-corrected chi connectivity index (χ3v) is 24.0. The Morgan fingerprint density at radius 2 is 1.39 bits per heavy atom. The first-order chi connectivity index (χ1) is 54.8. The number of carboxylic acids is 1. The number of aliphatic hydroxyl groups excluding tert-OH is 2. The maximum absolute atomic E-state index is 18.1. The number of aliphatic hydroxyl groups is 2. The van der Waals surface area contributed by atoms with Crippen molar-refractivity contribution < 1.29 is 124 Å². The Balaban J connectivity index is 0.0000186. The molecule has 0 radical (unpaired) electrons. The van der Waals surface area contributed by atoms with Gasteiger partial charge in [-0.2, -0.15) is 13.5 Å². The number of carboxylic acid groups (broad SMARTS) is 1. The van der Waals surface area contributed by atoms with Crippen molar-refractivity contribution in [3.8, 4) is 11.8 Å². The summed E-state index contributed by atoms with van der Waals surface area (Å²) >= 11 is 0. The summed E-state index contributed by atoms with van der Waals surface area (Å²) in [6, 6.07) is 2.46. The molecule has 5 fully saturated rings. The van der Waals surface area contributed by atoms with E-state index >= 15 is 8.78 Å². The first-order valence-corrected chi connectivity index (χ1v) is 40.8. The van der Waals surface area contributed by atoms with Gasteiger partial charge in [-0.1, -0.05) is 66.2 Å². The van der Waals surface area contributed by atoms with Crippen LogP contribution in [0.4, 0.5) is 24.1 Å². The number of hydrogen-bond acceptors (Lipinski definition) is 23. The predicted octanol–water partition coefficient (Wildman–Crippen LogP) is 8.09. The van der Waals surface area contributed by atoms with E-state index in [1.807, 2.05) is 6.92 Å². The number of ketones is 5. The van der Waals surface area contributed by atoms with Crippen molar-refractivity contribution in [3.63, 3.8) is 0 Å². The first-order valence-electron chi connectivity index (χ1n) is 40.8. The number of anilines is 1. The van der Waals surface area contributed by atoms with Gasteiger partial charge in [0.1, 0.15) is 24.6 Å². The Bertz CT molecular complexity index is 3690. The fourth-order valence-electron chi connectivity index (χ4n) is 17.9. The Morgan fingerprint density at radius 3 is 2.01 bits per heavy atom. The highest BCUT2D eigenvalue weighted by atomic mass is 32.1. The fraction of sp³-hybridized carbons (Fsp3) is 0.714. The minimum atomic E-state index is -2.45. The van der Waals surface area contributed by atoms with Crippen LogP contribution in [0.2, 0.25) is 0 Å². The summed E-state index contributed by atoms with van der Waals surface area (Å²) in [4.78, 5) is 159. The van der Waals surface area contributed by atoms with Crippen molar-refractivity contribution in [1.82, 2.24) is 16.0 Å². The zero-order chi connectivity index (χ0) is 83.8. The molecule has 1 aromatic carbocycles. The standard InChI is InChI=1S/C84H119F2N5O24.H2S/c1-8-15-74-114-71-44-62-63-43-65(85)64-42-57(93)26-28-81(64,6)83(63,86)69(97)45-82(62,7)84(71,115-74)70(98)49-112-78(104)55(38-50(2)3)41-67(95)66(46-92)90-80(106)113-47-52-20-23-56(24-21-52)89-76(102)53(16-13-29-88-79(87)105)40-68(96)75(51(4)5)91-77(103)54(22-25-72(99)100)39-58(94)27-31-108-33-35-110-37-36-109-34-32-107-30-14-19-73(101)111-48-61-59-17-11-9-10-12-18-60(59)61;/h20-21,23-24,26,28,42,50-51,53-55,59-63,65-66,69,71,74-75,92,97H,8,11-19,22,25,27,29-41,43-49H2,1-7H3,(H,89,102)(H,90,106)(H,91,103)(H,99,100)(H3,87,88,105);1H2/t53-,54+,55-,59-,60+,61?,62+,63+,65+,66+,69+,71-,74?,75+,81+,82+,83+,84-;/m1./s1. The van der Waals surface area contributed by atoms with E-state index in [4.69, 9.17) is 48.4 Å². The number of fused-ring (bicyclic) bond motifs is 8. The number of carbonyl (C=O) groups is 12. The molecule has 32 heteroatoms. The van der Waals surface area contributed by atoms with Crippen LogP contribution in [-0.2, 0) is 97.2 Å². The highest BCUT2D eigenvalue weighted by molar-refractivity contribution is 7.59. The van der Waals surface area contributed by atoms with Gasteiger partial charge in [-0.25, -0.2) is 18.4 Å². The average Bonchev–Trinajstić information content (AvgIpc) is 1.41. The molecular weight excluding hydrogens is 1530 g/mol. The molecule has 5 amide bonds. The zero-order valence-electron chi connectivity index (χ0n) is 67.9. The molecule has 29 nitrogen and oxygen atoms in total. The van der Waals surface area contributed by atoms with Crippen LogP contribution in [0.3, 0.4) is 0 Å². The molecule has 0 spiro atoms. The number of nitrogens with one attached hydrogen (secondary N) is 4. The molecule has 1 aromatic rings. The monoisotopic (exact) mass is 1650 g/mol. The molecule has 8 rings (SSSR count). The number of benzene rings is 1. The van der Waals surface area contributed by atoms with Gasteiger partial charge in [0.25, 0.3) is 0 Å². The lowest BCUT2D eigenvalue weighted by atomic mass is 9.44. The number of rotatable bonds is 50. The largest absolute Gasteiger partial charge is 0.481 e. The summed E-state index contributed by atoms with van der Waals surface area (Å²) in [6.45, 7) is 12.4. The minimum absolute atomic E-state index is 0. The van der Waals surface area contributed by atoms with Gasteiger partial charge in [-0.15, -0.1) is 11.8 Å². The van der Waals surface area contributed by atoms with Gasteiger partial charge in [0, 0.05) is 98.8 Å². The van der Waals surface area contributed by atoms with E-state index in [1.54, 1.807) is 34.6 Å². The molecular formula is C84H121F2N5O24S. The summed E-state index contributed by atoms with van der Waals surface area (Å²) < 4.78 is 86.3. The molecule has 1 aliphatic heterocycles. The van der Waals surface area contributed by atoms with E-state index in [2.05, 4.69) is 33.1 Å². The Hall–Kier alpha value is -7.61. The lowest BCUT2D eigenvalue weighted by molar-refractivity contribution is -0.235. The second-order valence-electron chi connectivity index (χ2n) is 32.8. The molecule has 1 heterocycles. The maximum atomic E-state index is 18.1. The number of ether oxygens (including phenoxy) is 9. The minimum Gasteiger partial charge on any atom is -0.481 e. The molecule has 7 aliphatic rings. The first kappa shape index (κ1) is 95.5. The number of esters is 2. The zero-order valence-corrected chi connectivity index (χ0v) is 68.9. The van der Waals surface area contributed by atoms with Crippen LogP contribution in [0.5, 0.6) is 0 Å². The summed E-state index contributed by atoms with van der Waals surface area (Å²) in [5.41, 5.74) is -1.51. The van der Waals surface area contributed by atoms with Crippen LogP contribution in [0, 0.1) is 81.8 Å². The number of amides is 5. The topological polar surface area (TPSA) is 423 Å². The Kier molecular flexibility index (Phi) is 37.0. The van der Waals surface area contributed by atoms with Crippen molar-refractivity contribution in [2.45, 2.75) is 232 Å². The van der Waals surface area contributed by atoms with Crippen LogP contribution in [0.25, 0.3) is 0 Å². The predicted molar refractivity (Wildman–Crippen MR) is 421 cm³/mol. The smallest absolute Gasteiger partial charge is 0.408 e. The number of carbonyl (C=O) groups excluding carboxylic acids is 11. The van der Waals surface area contributed by atoms with Gasteiger partial charge < -0.3 is 85.0 Å². The molecule has 6 aliphatic carbocycles. The summed E-state index contributed by atoms with van der Waals surface area (Å²) in [7, 11) is 0. The summed E-state index contributed by atoms with van der Waals surface area (Å²) in [5.74, 6) is -4.54. The van der Waals surface area contributed by atoms with Crippen LogP contribution < -0.4 is 27.0 Å². The highest BCUT2D eigenvalue weighted by Crippen LogP contribution is 2.72. The molecule has 0 bridgehead atoms. The van der Waals surface area contributed by atoms with E-state index < -0.39 is 186 Å². The van der Waals surface area contributed by atoms with E-state index in [1.165, 1.54) is 43.3 Å². The van der Waals surface area contributed by atoms with Crippen LogP contribution >= 0.6 is 13.5 Å². The van der Waals surface area contributed by atoms with Gasteiger partial charge in [0.05, 0.1) is 83.6 Å². The number of primary amides is 1. The highest BCUT2D eigenvalue weighted by Gasteiger charge is 2.80.